The van der Waals surface area contributed by atoms with Gasteiger partial charge in [0.1, 0.15) is 17.2 Å². The van der Waals surface area contributed by atoms with E-state index in [0.717, 1.165) is 11.3 Å². The number of anilines is 1. The summed E-state index contributed by atoms with van der Waals surface area (Å²) in [5, 5.41) is 38.9. The van der Waals surface area contributed by atoms with Crippen LogP contribution in [0, 0.1) is 11.0 Å². The summed E-state index contributed by atoms with van der Waals surface area (Å²) in [5.74, 6) is -0.458. The summed E-state index contributed by atoms with van der Waals surface area (Å²) in [5.41, 5.74) is 0.116. The molecule has 0 radical (unpaired) electrons. The van der Waals surface area contributed by atoms with Crippen molar-refractivity contribution in [1.29, 1.82) is 0 Å². The van der Waals surface area contributed by atoms with Crippen LogP contribution in [-0.2, 0) is 23.4 Å². The van der Waals surface area contributed by atoms with Crippen LogP contribution in [0.2, 0.25) is 5.02 Å². The molecule has 1 aliphatic rings. The number of ether oxygens (including phenoxy) is 1. The smallest absolute Gasteiger partial charge is 0.412 e. The van der Waals surface area contributed by atoms with Gasteiger partial charge in [0.05, 0.1) is 22.9 Å². The molecule has 0 aliphatic heterocycles. The molecule has 9 nitrogen and oxygen atoms in total. The fraction of sp³-hybridized carbons (Fsp3) is 0.296. The van der Waals surface area contributed by atoms with Crippen molar-refractivity contribution >= 4 is 34.7 Å². The van der Waals surface area contributed by atoms with Crippen molar-refractivity contribution in [2.45, 2.75) is 51.4 Å². The number of benzene rings is 1. The monoisotopic (exact) mass is 572 g/mol. The van der Waals surface area contributed by atoms with Gasteiger partial charge < -0.3 is 25.1 Å². The number of aromatic nitrogens is 3. The number of aryl methyl sites for hydroxylation is 1. The highest BCUT2D eigenvalue weighted by molar-refractivity contribution is 7.10. The van der Waals surface area contributed by atoms with Crippen LogP contribution >= 0.6 is 22.9 Å². The van der Waals surface area contributed by atoms with Crippen LogP contribution in [0.5, 0.6) is 0 Å². The first-order valence-corrected chi connectivity index (χ1v) is 13.4. The zero-order chi connectivity index (χ0) is 28.1. The number of hydrogen-bond acceptors (Lipinski definition) is 7. The van der Waals surface area contributed by atoms with Crippen molar-refractivity contribution in [3.63, 3.8) is 0 Å². The van der Waals surface area contributed by atoms with E-state index >= 15 is 0 Å². The van der Waals surface area contributed by atoms with Crippen LogP contribution in [0.1, 0.15) is 49.2 Å². The molecule has 1 aliphatic carbocycles. The van der Waals surface area contributed by atoms with Gasteiger partial charge in [-0.25, -0.2) is 14.2 Å². The lowest BCUT2D eigenvalue weighted by Gasteiger charge is -2.21. The normalized spacial score (nSPS) is 16.8. The standard InChI is InChI=1S/C27H26ClFN4O5S/c1-26(2,3)38-25(35)32-19-5-4-16(28)9-17(19)15-8-14-6-7-27(36,23(14)33(37)11-15)24-30-10-20(31-24)18-13-39-21(12-34)22(18)29/h4-5,8-11,13,34,36H,6-7,12H2,1-3H3,(H,30,31)(H,32,35). The predicted octanol–water partition coefficient (Wildman–Crippen LogP) is 5.25. The second kappa shape index (κ2) is 9.91. The molecule has 39 heavy (non-hydrogen) atoms. The molecule has 0 spiro atoms. The second-order valence-corrected chi connectivity index (χ2v) is 11.7. The number of thiophene rings is 1. The number of carbonyl (C=O) groups excluding carboxylic acids is 1. The molecule has 5 rings (SSSR count). The average molecular weight is 573 g/mol. The maximum atomic E-state index is 14.6. The van der Waals surface area contributed by atoms with Gasteiger partial charge in [-0.15, -0.1) is 11.3 Å². The molecule has 0 saturated carbocycles. The van der Waals surface area contributed by atoms with Crippen molar-refractivity contribution in [1.82, 2.24) is 9.97 Å². The Hall–Kier alpha value is -3.51. The Bertz CT molecular complexity index is 1580. The lowest BCUT2D eigenvalue weighted by Crippen LogP contribution is -2.42. The summed E-state index contributed by atoms with van der Waals surface area (Å²) in [7, 11) is 0. The first-order valence-electron chi connectivity index (χ1n) is 12.1. The van der Waals surface area contributed by atoms with E-state index in [2.05, 4.69) is 15.3 Å². The first kappa shape index (κ1) is 27.1. The number of nitrogens with zero attached hydrogens (tertiary/aromatic N) is 2. The van der Waals surface area contributed by atoms with Crippen molar-refractivity contribution in [2.75, 3.05) is 5.32 Å². The molecule has 3 heterocycles. The Labute approximate surface area is 232 Å². The van der Waals surface area contributed by atoms with E-state index in [-0.39, 0.29) is 34.1 Å². The van der Waals surface area contributed by atoms with E-state index in [1.807, 2.05) is 0 Å². The third kappa shape index (κ3) is 5.10. The van der Waals surface area contributed by atoms with Crippen molar-refractivity contribution in [3.8, 4) is 22.4 Å². The molecule has 3 aromatic heterocycles. The number of rotatable bonds is 5. The molecule has 204 valence electrons. The molecular formula is C27H26ClFN4O5S. The maximum Gasteiger partial charge on any atom is 0.412 e. The zero-order valence-electron chi connectivity index (χ0n) is 21.3. The molecular weight excluding hydrogens is 547 g/mol. The van der Waals surface area contributed by atoms with E-state index in [1.165, 1.54) is 12.4 Å². The summed E-state index contributed by atoms with van der Waals surface area (Å²) >= 11 is 7.32. The minimum atomic E-state index is -1.73. The predicted molar refractivity (Wildman–Crippen MR) is 145 cm³/mol. The molecule has 0 fully saturated rings. The number of hydrogen-bond donors (Lipinski definition) is 4. The van der Waals surface area contributed by atoms with E-state index in [4.69, 9.17) is 16.3 Å². The molecule has 1 amide bonds. The number of nitrogens with one attached hydrogen (secondary N) is 2. The number of carbonyl (C=O) groups is 1. The molecule has 4 N–H and O–H groups in total. The number of imidazole rings is 1. The SMILES string of the molecule is CC(C)(C)OC(=O)Nc1ccc(Cl)cc1-c1cc2c([n+]([O-])c1)C(O)(c1nc(-c3csc(CO)c3F)c[nH]1)CC2. The second-order valence-electron chi connectivity index (χ2n) is 10.3. The van der Waals surface area contributed by atoms with Crippen LogP contribution in [-0.4, -0.2) is 31.9 Å². The number of aromatic amines is 1. The first-order chi connectivity index (χ1) is 18.4. The lowest BCUT2D eigenvalue weighted by molar-refractivity contribution is -0.620. The Morgan fingerprint density at radius 2 is 2.13 bits per heavy atom. The number of pyridine rings is 1. The lowest BCUT2D eigenvalue weighted by atomic mass is 9.98. The van der Waals surface area contributed by atoms with Crippen LogP contribution in [0.4, 0.5) is 14.9 Å². The summed E-state index contributed by atoms with van der Waals surface area (Å²) in [6.45, 7) is 4.83. The van der Waals surface area contributed by atoms with Gasteiger partial charge in [0, 0.05) is 38.9 Å². The minimum Gasteiger partial charge on any atom is -0.618 e. The number of aliphatic hydroxyl groups excluding tert-OH is 1. The van der Waals surface area contributed by atoms with Gasteiger partial charge >= 0.3 is 6.09 Å². The summed E-state index contributed by atoms with van der Waals surface area (Å²) in [4.78, 5) is 19.9. The van der Waals surface area contributed by atoms with Crippen molar-refractivity contribution < 1.29 is 28.9 Å². The van der Waals surface area contributed by atoms with Gasteiger partial charge in [-0.3, -0.25) is 5.32 Å². The highest BCUT2D eigenvalue weighted by atomic mass is 35.5. The van der Waals surface area contributed by atoms with Crippen LogP contribution < -0.4 is 10.0 Å². The van der Waals surface area contributed by atoms with Gasteiger partial charge in [-0.2, -0.15) is 4.73 Å². The van der Waals surface area contributed by atoms with Gasteiger partial charge in [-0.05, 0) is 57.9 Å². The fourth-order valence-electron chi connectivity index (χ4n) is 4.69. The van der Waals surface area contributed by atoms with Crippen LogP contribution in [0.3, 0.4) is 0 Å². The van der Waals surface area contributed by atoms with Crippen LogP contribution in [0.25, 0.3) is 22.4 Å². The number of H-pyrrole nitrogens is 1. The molecule has 1 unspecified atom stereocenters. The Morgan fingerprint density at radius 3 is 2.82 bits per heavy atom. The fourth-order valence-corrected chi connectivity index (χ4v) is 5.63. The average Bonchev–Trinajstić information content (AvgIpc) is 3.57. The molecule has 4 aromatic rings. The largest absolute Gasteiger partial charge is 0.618 e. The summed E-state index contributed by atoms with van der Waals surface area (Å²) in [6.07, 6.45) is 2.65. The topological polar surface area (TPSA) is 134 Å². The summed E-state index contributed by atoms with van der Waals surface area (Å²) < 4.78 is 20.5. The maximum absolute atomic E-state index is 14.6. The van der Waals surface area contributed by atoms with Crippen molar-refractivity contribution in [3.05, 3.63) is 80.0 Å². The Morgan fingerprint density at radius 1 is 1.36 bits per heavy atom. The van der Waals surface area contributed by atoms with E-state index in [9.17, 15) is 24.6 Å². The Balaban J connectivity index is 1.50. The van der Waals surface area contributed by atoms with Gasteiger partial charge in [-0.1, -0.05) is 11.6 Å². The molecule has 0 saturated heterocycles. The number of fused-ring (bicyclic) bond motifs is 1. The Kier molecular flexibility index (Phi) is 6.88. The highest BCUT2D eigenvalue weighted by Gasteiger charge is 2.48. The van der Waals surface area contributed by atoms with E-state index < -0.39 is 29.7 Å². The van der Waals surface area contributed by atoms with E-state index in [0.29, 0.717) is 38.6 Å². The minimum absolute atomic E-state index is 0.109. The molecule has 1 atom stereocenters. The molecule has 12 heteroatoms. The summed E-state index contributed by atoms with van der Waals surface area (Å²) in [6, 6.07) is 6.63. The number of halogens is 2. The van der Waals surface area contributed by atoms with E-state index in [1.54, 1.807) is 50.4 Å². The molecule has 1 aromatic carbocycles. The van der Waals surface area contributed by atoms with Gasteiger partial charge in [0.2, 0.25) is 11.3 Å². The van der Waals surface area contributed by atoms with Crippen molar-refractivity contribution in [2.24, 2.45) is 0 Å². The molecule has 0 bridgehead atoms. The van der Waals surface area contributed by atoms with Gasteiger partial charge in [0.25, 0.3) is 0 Å². The van der Waals surface area contributed by atoms with Crippen LogP contribution in [0.15, 0.2) is 42.0 Å². The number of amides is 1. The third-order valence-corrected chi connectivity index (χ3v) is 7.56. The van der Waals surface area contributed by atoms with Gasteiger partial charge in [0.15, 0.2) is 6.20 Å². The quantitative estimate of drug-likeness (QED) is 0.190. The third-order valence-electron chi connectivity index (χ3n) is 6.38. The zero-order valence-corrected chi connectivity index (χ0v) is 22.9. The number of aliphatic hydroxyl groups is 2. The highest BCUT2D eigenvalue weighted by Crippen LogP contribution is 2.42.